The molecule has 0 aliphatic carbocycles. The summed E-state index contributed by atoms with van der Waals surface area (Å²) in [4.78, 5) is 66.1. The molecule has 1 atom stereocenters. The number of nitrogens with two attached hydrogens (primary N) is 1. The van der Waals surface area contributed by atoms with Crippen molar-refractivity contribution in [2.24, 2.45) is 0 Å². The van der Waals surface area contributed by atoms with E-state index >= 15 is 0 Å². The molecular weight excluding hydrogens is 714 g/mol. The van der Waals surface area contributed by atoms with Gasteiger partial charge in [0.15, 0.2) is 0 Å². The maximum atomic E-state index is 13.6. The van der Waals surface area contributed by atoms with Crippen molar-refractivity contribution in [3.8, 4) is 0 Å². The molecule has 3 rings (SSSR count). The van der Waals surface area contributed by atoms with Crippen molar-refractivity contribution in [2.75, 3.05) is 25.4 Å². The highest BCUT2D eigenvalue weighted by molar-refractivity contribution is 5.88. The molecule has 0 unspecified atom stereocenters. The summed E-state index contributed by atoms with van der Waals surface area (Å²) < 4.78 is 22.7. The number of nitrogens with zero attached hydrogens (tertiary/aromatic N) is 4. The number of benzene rings is 1. The highest BCUT2D eigenvalue weighted by Gasteiger charge is 2.30. The molecule has 306 valence electrons. The molecule has 2 heterocycles. The van der Waals surface area contributed by atoms with E-state index in [-0.39, 0.29) is 44.1 Å². The first-order chi connectivity index (χ1) is 25.7. The van der Waals surface area contributed by atoms with Crippen molar-refractivity contribution in [1.82, 2.24) is 19.8 Å². The number of nitrogen functional groups attached to an aromatic ring is 1. The van der Waals surface area contributed by atoms with Gasteiger partial charge in [0.25, 0.3) is 0 Å². The third-order valence-corrected chi connectivity index (χ3v) is 7.54. The summed E-state index contributed by atoms with van der Waals surface area (Å²) in [6, 6.07) is 17.2. The summed E-state index contributed by atoms with van der Waals surface area (Å²) in [5.41, 5.74) is 5.94. The third kappa shape index (κ3) is 17.3. The van der Waals surface area contributed by atoms with Crippen LogP contribution in [0, 0.1) is 0 Å². The lowest BCUT2D eigenvalue weighted by Crippen LogP contribution is -2.49. The molecule has 13 nitrogen and oxygen atoms in total. The average molecular weight is 776 g/mol. The number of hydrogen-bond acceptors (Lipinski definition) is 13. The highest BCUT2D eigenvalue weighted by atomic mass is 16.6. The van der Waals surface area contributed by atoms with Crippen molar-refractivity contribution in [3.05, 3.63) is 89.0 Å². The van der Waals surface area contributed by atoms with Crippen LogP contribution < -0.4 is 5.73 Å². The molecule has 3 aromatic rings. The summed E-state index contributed by atoms with van der Waals surface area (Å²) in [7, 11) is 0. The van der Waals surface area contributed by atoms with E-state index in [0.717, 1.165) is 5.56 Å². The van der Waals surface area contributed by atoms with E-state index < -0.39 is 52.3 Å². The first-order valence-electron chi connectivity index (χ1n) is 18.9. The molecule has 13 heteroatoms. The van der Waals surface area contributed by atoms with Crippen LogP contribution in [0.15, 0.2) is 60.7 Å². The number of anilines is 1. The lowest BCUT2D eigenvalue weighted by molar-refractivity contribution is -0.159. The Bertz CT molecular complexity index is 1800. The van der Waals surface area contributed by atoms with Gasteiger partial charge in [-0.3, -0.25) is 19.4 Å². The number of esters is 4. The molecule has 0 aliphatic heterocycles. The Hall–Kier alpha value is -4.88. The van der Waals surface area contributed by atoms with E-state index in [9.17, 15) is 19.2 Å². The predicted octanol–water partition coefficient (Wildman–Crippen LogP) is 6.57. The predicted molar refractivity (Wildman–Crippen MR) is 215 cm³/mol. The Morgan fingerprint density at radius 3 is 1.46 bits per heavy atom. The van der Waals surface area contributed by atoms with Gasteiger partial charge in [0.05, 0.1) is 24.5 Å². The fourth-order valence-corrected chi connectivity index (χ4v) is 5.59. The second kappa shape index (κ2) is 18.8. The summed E-state index contributed by atoms with van der Waals surface area (Å²) in [6.07, 6.45) is 0.422. The van der Waals surface area contributed by atoms with Crippen LogP contribution in [0.25, 0.3) is 0 Å². The molecular formula is C43H61N5O8. The molecule has 0 saturated heterocycles. The maximum Gasteiger partial charge on any atom is 0.357 e. The van der Waals surface area contributed by atoms with E-state index in [2.05, 4.69) is 9.97 Å². The Labute approximate surface area is 332 Å². The van der Waals surface area contributed by atoms with Crippen molar-refractivity contribution >= 4 is 29.6 Å². The zero-order valence-electron chi connectivity index (χ0n) is 35.2. The first-order valence-corrected chi connectivity index (χ1v) is 18.9. The Morgan fingerprint density at radius 2 is 1.02 bits per heavy atom. The van der Waals surface area contributed by atoms with Crippen LogP contribution in [-0.4, -0.2) is 91.7 Å². The fourth-order valence-electron chi connectivity index (χ4n) is 5.59. The number of aromatic nitrogens is 2. The second-order valence-electron chi connectivity index (χ2n) is 17.9. The van der Waals surface area contributed by atoms with E-state index in [1.54, 1.807) is 132 Å². The number of hydrogen-bond donors (Lipinski definition) is 1. The molecule has 0 aliphatic rings. The minimum Gasteiger partial charge on any atom is -0.459 e. The average Bonchev–Trinajstić information content (AvgIpc) is 3.02. The molecule has 0 fully saturated rings. The van der Waals surface area contributed by atoms with Gasteiger partial charge in [-0.25, -0.2) is 19.6 Å². The zero-order chi connectivity index (χ0) is 42.1. The second-order valence-corrected chi connectivity index (χ2v) is 17.9. The monoisotopic (exact) mass is 775 g/mol. The largest absolute Gasteiger partial charge is 0.459 e. The molecule has 0 amide bonds. The molecule has 2 aromatic heterocycles. The van der Waals surface area contributed by atoms with Gasteiger partial charge in [0, 0.05) is 31.4 Å². The van der Waals surface area contributed by atoms with Crippen molar-refractivity contribution in [3.63, 3.8) is 0 Å². The van der Waals surface area contributed by atoms with E-state index in [1.807, 2.05) is 21.9 Å². The number of carbonyl (C=O) groups is 4. The molecule has 56 heavy (non-hydrogen) atoms. The van der Waals surface area contributed by atoms with Gasteiger partial charge in [-0.1, -0.05) is 24.3 Å². The lowest BCUT2D eigenvalue weighted by Gasteiger charge is -2.36. The summed E-state index contributed by atoms with van der Waals surface area (Å²) in [5, 5.41) is 0. The normalized spacial score (nSPS) is 13.0. The van der Waals surface area contributed by atoms with E-state index in [0.29, 0.717) is 23.5 Å². The number of rotatable bonds is 15. The van der Waals surface area contributed by atoms with Gasteiger partial charge < -0.3 is 24.7 Å². The Morgan fingerprint density at radius 1 is 0.589 bits per heavy atom. The SMILES string of the molecule is CC(C)(C)OC(=O)CN(Cc1cccc(C(=O)OC(C)(C)C)n1)C[C@H](Cc1ccc(N)cc1)N(CC(=O)OC(C)(C)C)Cc1cccc(C(=O)OC(C)(C)C)n1. The van der Waals surface area contributed by atoms with E-state index in [4.69, 9.17) is 24.7 Å². The molecule has 0 bridgehead atoms. The van der Waals surface area contributed by atoms with Gasteiger partial charge in [-0.05, 0) is 131 Å². The van der Waals surface area contributed by atoms with Gasteiger partial charge in [0.2, 0.25) is 0 Å². The van der Waals surface area contributed by atoms with E-state index in [1.165, 1.54) is 0 Å². The third-order valence-electron chi connectivity index (χ3n) is 7.54. The molecule has 2 N–H and O–H groups in total. The van der Waals surface area contributed by atoms with Crippen LogP contribution in [-0.2, 0) is 48.0 Å². The summed E-state index contributed by atoms with van der Waals surface area (Å²) in [6.45, 7) is 21.8. The van der Waals surface area contributed by atoms with Crippen LogP contribution in [0.2, 0.25) is 0 Å². The zero-order valence-corrected chi connectivity index (χ0v) is 35.2. The number of carbonyl (C=O) groups excluding carboxylic acids is 4. The van der Waals surface area contributed by atoms with Crippen LogP contribution in [0.5, 0.6) is 0 Å². The van der Waals surface area contributed by atoms with Crippen molar-refractivity contribution < 1.29 is 38.1 Å². The maximum absolute atomic E-state index is 13.6. The van der Waals surface area contributed by atoms with Gasteiger partial charge in [-0.15, -0.1) is 0 Å². The minimum atomic E-state index is -0.752. The highest BCUT2D eigenvalue weighted by Crippen LogP contribution is 2.20. The lowest BCUT2D eigenvalue weighted by atomic mass is 10.0. The quantitative estimate of drug-likeness (QED) is 0.100. The van der Waals surface area contributed by atoms with Crippen molar-refractivity contribution in [2.45, 2.75) is 131 Å². The van der Waals surface area contributed by atoms with Gasteiger partial charge in [-0.2, -0.15) is 0 Å². The summed E-state index contributed by atoms with van der Waals surface area (Å²) in [5.74, 6) is -2.06. The van der Waals surface area contributed by atoms with Crippen LogP contribution in [0.1, 0.15) is 121 Å². The van der Waals surface area contributed by atoms with Gasteiger partial charge >= 0.3 is 23.9 Å². The van der Waals surface area contributed by atoms with Crippen molar-refractivity contribution in [1.29, 1.82) is 0 Å². The van der Waals surface area contributed by atoms with Gasteiger partial charge in [0.1, 0.15) is 33.8 Å². The number of pyridine rings is 2. The molecule has 0 saturated carbocycles. The number of ether oxygens (including phenoxy) is 4. The molecule has 1 aromatic carbocycles. The minimum absolute atomic E-state index is 0.124. The first kappa shape index (κ1) is 45.5. The smallest absolute Gasteiger partial charge is 0.357 e. The van der Waals surface area contributed by atoms with Crippen LogP contribution >= 0.6 is 0 Å². The van der Waals surface area contributed by atoms with Crippen LogP contribution in [0.3, 0.4) is 0 Å². The fraction of sp³-hybridized carbons (Fsp3) is 0.535. The Balaban J connectivity index is 2.12. The summed E-state index contributed by atoms with van der Waals surface area (Å²) >= 11 is 0. The molecule has 0 spiro atoms. The standard InChI is InChI=1S/C43H61N5O8/c1-40(2,3)53-36(49)27-47(24-31-15-13-17-34(45-31)38(51)55-42(7,8)9)26-33(23-29-19-21-30(44)22-20-29)48(28-37(50)54-41(4,5)6)25-32-16-14-18-35(46-32)39(52)56-43(10,11)12/h13-22,33H,23-28,44H2,1-12H3/t33-/m0/s1. The Kier molecular flexibility index (Phi) is 15.3. The topological polar surface area (TPSA) is 163 Å². The molecule has 0 radical (unpaired) electrons. The van der Waals surface area contributed by atoms with Crippen LogP contribution in [0.4, 0.5) is 5.69 Å².